The summed E-state index contributed by atoms with van der Waals surface area (Å²) in [6.45, 7) is 0. The zero-order valence-electron chi connectivity index (χ0n) is 12.8. The predicted octanol–water partition coefficient (Wildman–Crippen LogP) is 6.38. The summed E-state index contributed by atoms with van der Waals surface area (Å²) in [5, 5.41) is 0.494. The topological polar surface area (TPSA) is 17.1 Å². The van der Waals surface area contributed by atoms with E-state index < -0.39 is 0 Å². The highest BCUT2D eigenvalue weighted by Gasteiger charge is 2.48. The highest BCUT2D eigenvalue weighted by molar-refractivity contribution is 9.10. The van der Waals surface area contributed by atoms with Gasteiger partial charge in [0.25, 0.3) is 0 Å². The fourth-order valence-electron chi connectivity index (χ4n) is 4.04. The van der Waals surface area contributed by atoms with Gasteiger partial charge in [0.05, 0.1) is 5.02 Å². The molecule has 4 rings (SSSR count). The van der Waals surface area contributed by atoms with Crippen molar-refractivity contribution >= 4 is 33.3 Å². The lowest BCUT2D eigenvalue weighted by atomic mass is 9.51. The van der Waals surface area contributed by atoms with E-state index in [4.69, 9.17) is 11.6 Å². The maximum Gasteiger partial charge on any atom is 0.194 e. The number of hydrogen-bond donors (Lipinski definition) is 0. The Morgan fingerprint density at radius 2 is 1.78 bits per heavy atom. The molecule has 2 fully saturated rings. The third-order valence-electron chi connectivity index (χ3n) is 5.59. The number of carbonyl (C=O) groups excluding carboxylic acids is 1. The Labute approximate surface area is 150 Å². The monoisotopic (exact) mass is 388 g/mol. The highest BCUT2D eigenvalue weighted by atomic mass is 79.9. The van der Waals surface area contributed by atoms with Gasteiger partial charge >= 0.3 is 0 Å². The van der Waals surface area contributed by atoms with Gasteiger partial charge in [-0.2, -0.15) is 0 Å². The van der Waals surface area contributed by atoms with Crippen molar-refractivity contribution in [3.05, 3.63) is 68.7 Å². The molecular weight excluding hydrogens is 372 g/mol. The third-order valence-corrected chi connectivity index (χ3v) is 6.41. The minimum atomic E-state index is -0.0214. The van der Waals surface area contributed by atoms with Crippen LogP contribution < -0.4 is 0 Å². The van der Waals surface area contributed by atoms with E-state index in [1.807, 2.05) is 18.2 Å². The van der Waals surface area contributed by atoms with Crippen molar-refractivity contribution in [1.29, 1.82) is 0 Å². The van der Waals surface area contributed by atoms with Gasteiger partial charge < -0.3 is 0 Å². The van der Waals surface area contributed by atoms with Gasteiger partial charge in [-0.25, -0.2) is 0 Å². The van der Waals surface area contributed by atoms with Crippen molar-refractivity contribution < 1.29 is 4.79 Å². The molecule has 0 heterocycles. The standard InChI is InChI=1S/C20H18BrClO/c21-16-6-7-18(22)17(10-16)19(23)14-4-2-13(3-5-14)15-11-20(12-15)8-1-9-20/h2-7,10,15H,1,8-9,11-12H2. The lowest BCUT2D eigenvalue weighted by molar-refractivity contribution is 0.00900. The minimum absolute atomic E-state index is 0.0214. The molecule has 0 amide bonds. The predicted molar refractivity (Wildman–Crippen MR) is 97.3 cm³/mol. The van der Waals surface area contributed by atoms with Crippen LogP contribution in [0.15, 0.2) is 46.9 Å². The van der Waals surface area contributed by atoms with Crippen LogP contribution in [0.1, 0.15) is 59.5 Å². The Morgan fingerprint density at radius 3 is 2.39 bits per heavy atom. The van der Waals surface area contributed by atoms with Gasteiger partial charge in [-0.05, 0) is 60.8 Å². The van der Waals surface area contributed by atoms with E-state index in [0.29, 0.717) is 27.5 Å². The molecule has 118 valence electrons. The molecule has 0 atom stereocenters. The maximum atomic E-state index is 12.6. The average molecular weight is 390 g/mol. The number of benzene rings is 2. The molecule has 0 unspecified atom stereocenters. The Morgan fingerprint density at radius 1 is 1.09 bits per heavy atom. The summed E-state index contributed by atoms with van der Waals surface area (Å²) in [6, 6.07) is 13.5. The molecule has 3 heteroatoms. The summed E-state index contributed by atoms with van der Waals surface area (Å²) in [6.07, 6.45) is 6.91. The van der Waals surface area contributed by atoms with Crippen molar-refractivity contribution in [2.45, 2.75) is 38.0 Å². The SMILES string of the molecule is O=C(c1ccc(C2CC3(CCC3)C2)cc1)c1cc(Br)ccc1Cl. The van der Waals surface area contributed by atoms with E-state index in [9.17, 15) is 4.79 Å². The second-order valence-electron chi connectivity index (χ2n) is 7.03. The first-order chi connectivity index (χ1) is 11.1. The smallest absolute Gasteiger partial charge is 0.194 e. The van der Waals surface area contributed by atoms with Crippen LogP contribution in [0, 0.1) is 5.41 Å². The van der Waals surface area contributed by atoms with Crippen LogP contribution >= 0.6 is 27.5 Å². The van der Waals surface area contributed by atoms with E-state index in [0.717, 1.165) is 4.47 Å². The van der Waals surface area contributed by atoms with Gasteiger partial charge in [0.1, 0.15) is 0 Å². The van der Waals surface area contributed by atoms with E-state index in [2.05, 4.69) is 28.1 Å². The number of ketones is 1. The van der Waals surface area contributed by atoms with Crippen LogP contribution in [-0.4, -0.2) is 5.78 Å². The largest absolute Gasteiger partial charge is 0.289 e. The summed E-state index contributed by atoms with van der Waals surface area (Å²) < 4.78 is 0.863. The fraction of sp³-hybridized carbons (Fsp3) is 0.350. The molecule has 2 aliphatic carbocycles. The van der Waals surface area contributed by atoms with E-state index in [1.165, 1.54) is 37.7 Å². The third kappa shape index (κ3) is 2.77. The van der Waals surface area contributed by atoms with Crippen molar-refractivity contribution in [3.8, 4) is 0 Å². The molecule has 2 aromatic carbocycles. The van der Waals surface area contributed by atoms with Crippen molar-refractivity contribution in [3.63, 3.8) is 0 Å². The molecule has 23 heavy (non-hydrogen) atoms. The molecule has 2 saturated carbocycles. The number of hydrogen-bond acceptors (Lipinski definition) is 1. The lowest BCUT2D eigenvalue weighted by Gasteiger charge is -2.54. The van der Waals surface area contributed by atoms with Crippen LogP contribution in [0.3, 0.4) is 0 Å². The van der Waals surface area contributed by atoms with Crippen LogP contribution in [0.4, 0.5) is 0 Å². The van der Waals surface area contributed by atoms with Gasteiger partial charge in [-0.1, -0.05) is 58.2 Å². The number of halogens is 2. The fourth-order valence-corrected chi connectivity index (χ4v) is 4.60. The molecule has 0 aliphatic heterocycles. The van der Waals surface area contributed by atoms with Gasteiger partial charge in [-0.3, -0.25) is 4.79 Å². The van der Waals surface area contributed by atoms with Gasteiger partial charge in [-0.15, -0.1) is 0 Å². The minimum Gasteiger partial charge on any atom is -0.289 e. The average Bonchev–Trinajstić information content (AvgIpc) is 2.47. The van der Waals surface area contributed by atoms with E-state index >= 15 is 0 Å². The molecular formula is C20H18BrClO. The van der Waals surface area contributed by atoms with E-state index in [1.54, 1.807) is 12.1 Å². The second kappa shape index (κ2) is 5.75. The Hall–Kier alpha value is -1.12. The van der Waals surface area contributed by atoms with Crippen LogP contribution in [0.2, 0.25) is 5.02 Å². The molecule has 0 N–H and O–H groups in total. The summed E-state index contributed by atoms with van der Waals surface area (Å²) in [4.78, 5) is 12.6. The molecule has 0 bridgehead atoms. The Bertz CT molecular complexity index is 754. The molecule has 1 spiro atoms. The van der Waals surface area contributed by atoms with Gasteiger partial charge in [0.2, 0.25) is 0 Å². The van der Waals surface area contributed by atoms with Crippen molar-refractivity contribution in [2.75, 3.05) is 0 Å². The number of rotatable bonds is 3. The molecule has 0 aromatic heterocycles. The molecule has 0 radical (unpaired) electrons. The Balaban J connectivity index is 1.51. The lowest BCUT2D eigenvalue weighted by Crippen LogP contribution is -2.41. The van der Waals surface area contributed by atoms with Crippen LogP contribution in [-0.2, 0) is 0 Å². The first-order valence-electron chi connectivity index (χ1n) is 8.16. The maximum absolute atomic E-state index is 12.6. The van der Waals surface area contributed by atoms with Crippen LogP contribution in [0.5, 0.6) is 0 Å². The van der Waals surface area contributed by atoms with Crippen LogP contribution in [0.25, 0.3) is 0 Å². The van der Waals surface area contributed by atoms with E-state index in [-0.39, 0.29) is 5.78 Å². The summed E-state index contributed by atoms with van der Waals surface area (Å²) in [5.41, 5.74) is 3.31. The first kappa shape index (κ1) is 15.4. The first-order valence-corrected chi connectivity index (χ1v) is 9.33. The van der Waals surface area contributed by atoms with Gasteiger partial charge in [0, 0.05) is 15.6 Å². The van der Waals surface area contributed by atoms with Crippen molar-refractivity contribution in [2.24, 2.45) is 5.41 Å². The highest BCUT2D eigenvalue weighted by Crippen LogP contribution is 2.61. The van der Waals surface area contributed by atoms with Gasteiger partial charge in [0.15, 0.2) is 5.78 Å². The molecule has 0 saturated heterocycles. The molecule has 1 nitrogen and oxygen atoms in total. The Kier molecular flexibility index (Phi) is 3.85. The zero-order valence-corrected chi connectivity index (χ0v) is 15.2. The summed E-state index contributed by atoms with van der Waals surface area (Å²) in [5.74, 6) is 0.667. The number of carbonyl (C=O) groups is 1. The summed E-state index contributed by atoms with van der Waals surface area (Å²) >= 11 is 9.56. The zero-order chi connectivity index (χ0) is 16.0. The van der Waals surface area contributed by atoms with Crippen molar-refractivity contribution in [1.82, 2.24) is 0 Å². The molecule has 2 aromatic rings. The summed E-state index contributed by atoms with van der Waals surface area (Å²) in [7, 11) is 0. The second-order valence-corrected chi connectivity index (χ2v) is 8.36. The molecule has 2 aliphatic rings. The normalized spacial score (nSPS) is 19.2. The quantitative estimate of drug-likeness (QED) is 0.556.